The average molecular weight is 353 g/mol. The summed E-state index contributed by atoms with van der Waals surface area (Å²) in [5.74, 6) is 1.30. The summed E-state index contributed by atoms with van der Waals surface area (Å²) in [5, 5.41) is 0. The molecule has 1 amide bonds. The topological polar surface area (TPSA) is 38.8 Å². The molecule has 0 saturated heterocycles. The van der Waals surface area contributed by atoms with Crippen LogP contribution < -0.4 is 9.47 Å². The Morgan fingerprint density at radius 2 is 1.65 bits per heavy atom. The van der Waals surface area contributed by atoms with Crippen molar-refractivity contribution in [3.8, 4) is 11.5 Å². The van der Waals surface area contributed by atoms with Gasteiger partial charge in [0.05, 0.1) is 14.2 Å². The first-order valence-electron chi connectivity index (χ1n) is 8.72. The summed E-state index contributed by atoms with van der Waals surface area (Å²) in [6.07, 6.45) is 2.86. The molecule has 0 bridgehead atoms. The maximum absolute atomic E-state index is 12.9. The molecule has 0 saturated carbocycles. The van der Waals surface area contributed by atoms with Crippen LogP contribution in [0, 0.1) is 0 Å². The van der Waals surface area contributed by atoms with E-state index in [1.54, 1.807) is 38.3 Å². The summed E-state index contributed by atoms with van der Waals surface area (Å²) in [6.45, 7) is 4.61. The molecule has 26 heavy (non-hydrogen) atoms. The van der Waals surface area contributed by atoms with Crippen molar-refractivity contribution in [2.45, 2.75) is 20.3 Å². The van der Waals surface area contributed by atoms with Crippen LogP contribution in [-0.4, -0.2) is 38.6 Å². The second-order valence-electron chi connectivity index (χ2n) is 6.28. The molecule has 0 aliphatic carbocycles. The third-order valence-electron chi connectivity index (χ3n) is 4.25. The molecule has 0 radical (unpaired) electrons. The largest absolute Gasteiger partial charge is 0.496 e. The molecule has 0 fully saturated rings. The van der Waals surface area contributed by atoms with E-state index in [0.29, 0.717) is 23.6 Å². The van der Waals surface area contributed by atoms with E-state index in [2.05, 4.69) is 6.08 Å². The quantitative estimate of drug-likeness (QED) is 0.738. The van der Waals surface area contributed by atoms with E-state index in [1.807, 2.05) is 44.2 Å². The van der Waals surface area contributed by atoms with Gasteiger partial charge in [-0.1, -0.05) is 48.9 Å². The molecule has 4 heteroatoms. The third kappa shape index (κ3) is 4.66. The maximum Gasteiger partial charge on any atom is 0.254 e. The Hall–Kier alpha value is -2.75. The molecule has 0 aliphatic heterocycles. The van der Waals surface area contributed by atoms with Crippen molar-refractivity contribution in [1.82, 2.24) is 4.90 Å². The van der Waals surface area contributed by atoms with Gasteiger partial charge in [-0.25, -0.2) is 0 Å². The zero-order chi connectivity index (χ0) is 19.1. The number of hydrogen-bond donors (Lipinski definition) is 0. The summed E-state index contributed by atoms with van der Waals surface area (Å²) in [7, 11) is 5.02. The molecule has 138 valence electrons. The van der Waals surface area contributed by atoms with Gasteiger partial charge in [0.15, 0.2) is 0 Å². The van der Waals surface area contributed by atoms with Gasteiger partial charge in [0.2, 0.25) is 0 Å². The molecular weight excluding hydrogens is 326 g/mol. The molecule has 0 aromatic heterocycles. The van der Waals surface area contributed by atoms with Crippen molar-refractivity contribution >= 4 is 12.0 Å². The normalized spacial score (nSPS) is 11.2. The monoisotopic (exact) mass is 353 g/mol. The predicted octanol–water partition coefficient (Wildman–Crippen LogP) is 4.44. The highest BCUT2D eigenvalue weighted by atomic mass is 16.5. The maximum atomic E-state index is 12.9. The number of nitrogens with zero attached hydrogens (tertiary/aromatic N) is 1. The van der Waals surface area contributed by atoms with E-state index in [4.69, 9.17) is 9.47 Å². The number of carbonyl (C=O) groups is 1. The van der Waals surface area contributed by atoms with Gasteiger partial charge in [-0.3, -0.25) is 4.79 Å². The van der Waals surface area contributed by atoms with Crippen LogP contribution in [0.2, 0.25) is 0 Å². The highest BCUT2D eigenvalue weighted by Gasteiger charge is 2.18. The highest BCUT2D eigenvalue weighted by molar-refractivity contribution is 5.95. The van der Waals surface area contributed by atoms with Crippen LogP contribution in [0.4, 0.5) is 0 Å². The van der Waals surface area contributed by atoms with Crippen LogP contribution >= 0.6 is 0 Å². The summed E-state index contributed by atoms with van der Waals surface area (Å²) in [4.78, 5) is 14.6. The Bertz CT molecular complexity index is 756. The van der Waals surface area contributed by atoms with Gasteiger partial charge < -0.3 is 14.4 Å². The van der Waals surface area contributed by atoms with E-state index >= 15 is 0 Å². The van der Waals surface area contributed by atoms with Crippen LogP contribution in [0.3, 0.4) is 0 Å². The van der Waals surface area contributed by atoms with Crippen LogP contribution in [0.15, 0.2) is 48.0 Å². The van der Waals surface area contributed by atoms with E-state index in [1.165, 1.54) is 0 Å². The predicted molar refractivity (Wildman–Crippen MR) is 106 cm³/mol. The van der Waals surface area contributed by atoms with E-state index < -0.39 is 0 Å². The SMILES string of the molecule is CCc1c(OC)cc(C(=O)N(C)C/C(C)=C/c2ccccc2)cc1OC. The number of benzene rings is 2. The summed E-state index contributed by atoms with van der Waals surface area (Å²) < 4.78 is 10.9. The fraction of sp³-hybridized carbons (Fsp3) is 0.318. The zero-order valence-electron chi connectivity index (χ0n) is 16.2. The second-order valence-corrected chi connectivity index (χ2v) is 6.28. The van der Waals surface area contributed by atoms with Crippen molar-refractivity contribution < 1.29 is 14.3 Å². The number of carbonyl (C=O) groups excluding carboxylic acids is 1. The van der Waals surface area contributed by atoms with Gasteiger partial charge in [-0.2, -0.15) is 0 Å². The Kier molecular flexibility index (Phi) is 6.84. The highest BCUT2D eigenvalue weighted by Crippen LogP contribution is 2.31. The Labute approximate surface area is 156 Å². The van der Waals surface area contributed by atoms with Crippen molar-refractivity contribution in [1.29, 1.82) is 0 Å². The van der Waals surface area contributed by atoms with E-state index in [9.17, 15) is 4.79 Å². The van der Waals surface area contributed by atoms with Crippen LogP contribution in [0.1, 0.15) is 35.3 Å². The minimum Gasteiger partial charge on any atom is -0.496 e. The number of rotatable bonds is 7. The first-order valence-corrected chi connectivity index (χ1v) is 8.72. The minimum atomic E-state index is -0.0648. The Balaban J connectivity index is 2.21. The zero-order valence-corrected chi connectivity index (χ0v) is 16.2. The van der Waals surface area contributed by atoms with Gasteiger partial charge in [-0.15, -0.1) is 0 Å². The van der Waals surface area contributed by atoms with Crippen molar-refractivity contribution in [3.63, 3.8) is 0 Å². The first-order chi connectivity index (χ1) is 12.5. The van der Waals surface area contributed by atoms with Crippen LogP contribution in [0.25, 0.3) is 6.08 Å². The van der Waals surface area contributed by atoms with E-state index in [0.717, 1.165) is 23.1 Å². The van der Waals surface area contributed by atoms with Crippen LogP contribution in [0.5, 0.6) is 11.5 Å². The van der Waals surface area contributed by atoms with Gasteiger partial charge in [0, 0.05) is 24.7 Å². The van der Waals surface area contributed by atoms with Gasteiger partial charge in [0.1, 0.15) is 11.5 Å². The lowest BCUT2D eigenvalue weighted by Gasteiger charge is -2.20. The van der Waals surface area contributed by atoms with Gasteiger partial charge in [0.25, 0.3) is 5.91 Å². The average Bonchev–Trinajstić information content (AvgIpc) is 2.66. The fourth-order valence-corrected chi connectivity index (χ4v) is 3.00. The fourth-order valence-electron chi connectivity index (χ4n) is 3.00. The first kappa shape index (κ1) is 19.6. The molecule has 0 atom stereocenters. The lowest BCUT2D eigenvalue weighted by Crippen LogP contribution is -2.28. The minimum absolute atomic E-state index is 0.0648. The summed E-state index contributed by atoms with van der Waals surface area (Å²) in [6, 6.07) is 13.7. The third-order valence-corrected chi connectivity index (χ3v) is 4.25. The molecule has 2 rings (SSSR count). The smallest absolute Gasteiger partial charge is 0.254 e. The molecular formula is C22H27NO3. The van der Waals surface area contributed by atoms with Crippen molar-refractivity contribution in [3.05, 3.63) is 64.7 Å². The Morgan fingerprint density at radius 1 is 1.08 bits per heavy atom. The molecule has 2 aromatic rings. The van der Waals surface area contributed by atoms with E-state index in [-0.39, 0.29) is 5.91 Å². The molecule has 2 aromatic carbocycles. The second kappa shape index (κ2) is 9.09. The lowest BCUT2D eigenvalue weighted by molar-refractivity contribution is 0.0806. The molecule has 0 spiro atoms. The number of methoxy groups -OCH3 is 2. The van der Waals surface area contributed by atoms with Crippen LogP contribution in [-0.2, 0) is 6.42 Å². The standard InChI is InChI=1S/C22H27NO3/c1-6-19-20(25-4)13-18(14-21(19)26-5)22(24)23(3)15-16(2)12-17-10-8-7-9-11-17/h7-14H,6,15H2,1-5H3/b16-12+. The van der Waals surface area contributed by atoms with Gasteiger partial charge >= 0.3 is 0 Å². The molecule has 0 N–H and O–H groups in total. The molecule has 0 heterocycles. The Morgan fingerprint density at radius 3 is 2.15 bits per heavy atom. The van der Waals surface area contributed by atoms with Crippen molar-refractivity contribution in [2.24, 2.45) is 0 Å². The number of hydrogen-bond acceptors (Lipinski definition) is 3. The summed E-state index contributed by atoms with van der Waals surface area (Å²) in [5.41, 5.74) is 3.76. The molecule has 0 aliphatic rings. The lowest BCUT2D eigenvalue weighted by atomic mass is 10.1. The molecule has 0 unspecified atom stereocenters. The number of amides is 1. The van der Waals surface area contributed by atoms with Gasteiger partial charge in [-0.05, 0) is 31.0 Å². The van der Waals surface area contributed by atoms with Crippen molar-refractivity contribution in [2.75, 3.05) is 27.8 Å². The summed E-state index contributed by atoms with van der Waals surface area (Å²) >= 11 is 0. The number of ether oxygens (including phenoxy) is 2. The molecule has 4 nitrogen and oxygen atoms in total. The number of likely N-dealkylation sites (N-methyl/N-ethyl adjacent to an activating group) is 1.